The van der Waals surface area contributed by atoms with E-state index < -0.39 is 5.60 Å². The van der Waals surface area contributed by atoms with Crippen molar-refractivity contribution in [2.45, 2.75) is 5.60 Å². The van der Waals surface area contributed by atoms with Gasteiger partial charge in [0.15, 0.2) is 0 Å². The van der Waals surface area contributed by atoms with E-state index in [0.717, 1.165) is 42.5 Å². The first-order valence-corrected chi connectivity index (χ1v) is 10.2. The van der Waals surface area contributed by atoms with E-state index >= 15 is 0 Å². The van der Waals surface area contributed by atoms with Crippen LogP contribution >= 0.6 is 11.6 Å². The molecule has 0 bridgehead atoms. The summed E-state index contributed by atoms with van der Waals surface area (Å²) in [7, 11) is 0. The standard InChI is InChI=1S/C24H24ClFN2O/c25-21-7-4-8-23(17-21)28-15-13-27(14-16-28)18-24(29,19-5-2-1-3-6-19)20-9-11-22(26)12-10-20/h1-12,17,29H,13-16,18H2/t24-/m0/s1. The number of halogens is 2. The topological polar surface area (TPSA) is 26.7 Å². The minimum atomic E-state index is -1.20. The van der Waals surface area contributed by atoms with Crippen molar-refractivity contribution in [3.05, 3.63) is 101 Å². The second-order valence-corrected chi connectivity index (χ2v) is 7.91. The van der Waals surface area contributed by atoms with E-state index in [2.05, 4.69) is 15.9 Å². The average molecular weight is 411 g/mol. The predicted octanol–water partition coefficient (Wildman–Crippen LogP) is 4.54. The molecule has 3 aromatic rings. The number of hydrogen-bond acceptors (Lipinski definition) is 3. The lowest BCUT2D eigenvalue weighted by Crippen LogP contribution is -2.51. The number of benzene rings is 3. The third-order valence-electron chi connectivity index (χ3n) is 5.57. The van der Waals surface area contributed by atoms with Gasteiger partial charge in [0.25, 0.3) is 0 Å². The molecule has 0 amide bonds. The Morgan fingerprint density at radius 3 is 2.14 bits per heavy atom. The summed E-state index contributed by atoms with van der Waals surface area (Å²) in [6.07, 6.45) is 0. The highest BCUT2D eigenvalue weighted by Crippen LogP contribution is 2.31. The predicted molar refractivity (Wildman–Crippen MR) is 116 cm³/mol. The molecule has 0 saturated carbocycles. The van der Waals surface area contributed by atoms with Crippen LogP contribution in [0.4, 0.5) is 10.1 Å². The van der Waals surface area contributed by atoms with Gasteiger partial charge in [0.2, 0.25) is 0 Å². The maximum atomic E-state index is 13.5. The van der Waals surface area contributed by atoms with Gasteiger partial charge in [0.05, 0.1) is 0 Å². The second kappa shape index (κ2) is 8.54. The SMILES string of the molecule is O[C@@](CN1CCN(c2cccc(Cl)c2)CC1)(c1ccccc1)c1ccc(F)cc1. The second-order valence-electron chi connectivity index (χ2n) is 7.48. The molecule has 1 heterocycles. The Morgan fingerprint density at radius 2 is 1.48 bits per heavy atom. The first-order valence-electron chi connectivity index (χ1n) is 9.81. The van der Waals surface area contributed by atoms with E-state index in [4.69, 9.17) is 11.6 Å². The Labute approximate surface area is 176 Å². The molecule has 3 aromatic carbocycles. The van der Waals surface area contributed by atoms with Crippen molar-refractivity contribution in [2.24, 2.45) is 0 Å². The van der Waals surface area contributed by atoms with Crippen molar-refractivity contribution in [1.82, 2.24) is 4.90 Å². The van der Waals surface area contributed by atoms with Crippen molar-refractivity contribution in [3.63, 3.8) is 0 Å². The van der Waals surface area contributed by atoms with Crippen LogP contribution in [-0.2, 0) is 5.60 Å². The Morgan fingerprint density at radius 1 is 0.828 bits per heavy atom. The van der Waals surface area contributed by atoms with E-state index in [1.54, 1.807) is 12.1 Å². The fraction of sp³-hybridized carbons (Fsp3) is 0.250. The van der Waals surface area contributed by atoms with Crippen LogP contribution in [0.25, 0.3) is 0 Å². The molecule has 1 fully saturated rings. The first kappa shape index (κ1) is 19.9. The Bertz CT molecular complexity index is 943. The smallest absolute Gasteiger partial charge is 0.127 e. The molecule has 4 rings (SSSR count). The highest BCUT2D eigenvalue weighted by Gasteiger charge is 2.34. The number of anilines is 1. The van der Waals surface area contributed by atoms with Crippen molar-refractivity contribution in [1.29, 1.82) is 0 Å². The van der Waals surface area contributed by atoms with Crippen LogP contribution in [0, 0.1) is 5.82 Å². The summed E-state index contributed by atoms with van der Waals surface area (Å²) in [6.45, 7) is 3.81. The van der Waals surface area contributed by atoms with Gasteiger partial charge in [-0.15, -0.1) is 0 Å². The van der Waals surface area contributed by atoms with Gasteiger partial charge in [-0.05, 0) is 41.5 Å². The molecule has 5 heteroatoms. The first-order chi connectivity index (χ1) is 14.0. The number of nitrogens with zero attached hydrogens (tertiary/aromatic N) is 2. The maximum Gasteiger partial charge on any atom is 0.127 e. The molecular formula is C24H24ClFN2O. The lowest BCUT2D eigenvalue weighted by Gasteiger charge is -2.40. The quantitative estimate of drug-likeness (QED) is 0.669. The molecule has 1 aliphatic rings. The Kier molecular flexibility index (Phi) is 5.86. The number of rotatable bonds is 5. The third-order valence-corrected chi connectivity index (χ3v) is 5.81. The van der Waals surface area contributed by atoms with Gasteiger partial charge < -0.3 is 10.0 Å². The molecule has 150 valence electrons. The minimum Gasteiger partial charge on any atom is -0.379 e. The minimum absolute atomic E-state index is 0.306. The van der Waals surface area contributed by atoms with Gasteiger partial charge in [-0.3, -0.25) is 4.90 Å². The van der Waals surface area contributed by atoms with Crippen molar-refractivity contribution in [2.75, 3.05) is 37.6 Å². The monoisotopic (exact) mass is 410 g/mol. The number of piperazine rings is 1. The molecule has 1 saturated heterocycles. The summed E-state index contributed by atoms with van der Waals surface area (Å²) < 4.78 is 13.5. The van der Waals surface area contributed by atoms with Gasteiger partial charge in [0, 0.05) is 43.4 Å². The van der Waals surface area contributed by atoms with Gasteiger partial charge in [-0.1, -0.05) is 60.1 Å². The summed E-state index contributed by atoms with van der Waals surface area (Å²) in [5.41, 5.74) is 1.42. The van der Waals surface area contributed by atoms with Crippen LogP contribution in [0.15, 0.2) is 78.9 Å². The molecule has 0 aliphatic carbocycles. The zero-order valence-electron chi connectivity index (χ0n) is 16.1. The van der Waals surface area contributed by atoms with E-state index in [-0.39, 0.29) is 5.82 Å². The van der Waals surface area contributed by atoms with Gasteiger partial charge in [0.1, 0.15) is 11.4 Å². The Balaban J connectivity index is 1.52. The molecule has 1 aliphatic heterocycles. The van der Waals surface area contributed by atoms with Crippen LogP contribution in [0.5, 0.6) is 0 Å². The molecule has 29 heavy (non-hydrogen) atoms. The van der Waals surface area contributed by atoms with Gasteiger partial charge >= 0.3 is 0 Å². The van der Waals surface area contributed by atoms with Crippen LogP contribution in [0.3, 0.4) is 0 Å². The summed E-state index contributed by atoms with van der Waals surface area (Å²) in [4.78, 5) is 4.57. The molecule has 3 nitrogen and oxygen atoms in total. The maximum absolute atomic E-state index is 13.5. The molecule has 1 N–H and O–H groups in total. The fourth-order valence-corrected chi connectivity index (χ4v) is 4.13. The van der Waals surface area contributed by atoms with E-state index in [1.807, 2.05) is 48.5 Å². The van der Waals surface area contributed by atoms with Crippen LogP contribution in [0.2, 0.25) is 5.02 Å². The normalized spacial score (nSPS) is 17.1. The average Bonchev–Trinajstić information content (AvgIpc) is 2.75. The molecule has 1 atom stereocenters. The van der Waals surface area contributed by atoms with Gasteiger partial charge in [-0.2, -0.15) is 0 Å². The van der Waals surface area contributed by atoms with Crippen molar-refractivity contribution < 1.29 is 9.50 Å². The Hall–Kier alpha value is -2.40. The highest BCUT2D eigenvalue weighted by molar-refractivity contribution is 6.30. The van der Waals surface area contributed by atoms with Crippen molar-refractivity contribution in [3.8, 4) is 0 Å². The van der Waals surface area contributed by atoms with E-state index in [9.17, 15) is 9.50 Å². The number of aliphatic hydroxyl groups is 1. The molecule has 0 aromatic heterocycles. The lowest BCUT2D eigenvalue weighted by atomic mass is 9.85. The molecule has 0 spiro atoms. The third kappa shape index (κ3) is 4.45. The molecule has 0 radical (unpaired) electrons. The van der Waals surface area contributed by atoms with Crippen LogP contribution in [-0.4, -0.2) is 42.7 Å². The zero-order valence-corrected chi connectivity index (χ0v) is 16.9. The summed E-state index contributed by atoms with van der Waals surface area (Å²) >= 11 is 6.13. The summed E-state index contributed by atoms with van der Waals surface area (Å²) in [6, 6.07) is 23.7. The lowest BCUT2D eigenvalue weighted by molar-refractivity contribution is 0.0337. The molecular weight excluding hydrogens is 387 g/mol. The number of hydrogen-bond donors (Lipinski definition) is 1. The molecule has 0 unspecified atom stereocenters. The zero-order chi connectivity index (χ0) is 20.3. The highest BCUT2D eigenvalue weighted by atomic mass is 35.5. The van der Waals surface area contributed by atoms with Crippen molar-refractivity contribution >= 4 is 17.3 Å². The fourth-order valence-electron chi connectivity index (χ4n) is 3.95. The number of β-amino-alcohol motifs (C(OH)–C–C–N with tert-alkyl or cyclic N) is 1. The summed E-state index contributed by atoms with van der Waals surface area (Å²) in [5, 5.41) is 12.5. The van der Waals surface area contributed by atoms with E-state index in [0.29, 0.717) is 12.1 Å². The van der Waals surface area contributed by atoms with Gasteiger partial charge in [-0.25, -0.2) is 4.39 Å². The van der Waals surface area contributed by atoms with Crippen LogP contribution < -0.4 is 4.90 Å². The largest absolute Gasteiger partial charge is 0.379 e. The summed E-state index contributed by atoms with van der Waals surface area (Å²) in [5.74, 6) is -0.306. The van der Waals surface area contributed by atoms with Crippen LogP contribution in [0.1, 0.15) is 11.1 Å². The van der Waals surface area contributed by atoms with E-state index in [1.165, 1.54) is 12.1 Å².